The van der Waals surface area contributed by atoms with Crippen LogP contribution in [0.15, 0.2) is 24.3 Å². The van der Waals surface area contributed by atoms with E-state index >= 15 is 0 Å². The van der Waals surface area contributed by atoms with Crippen molar-refractivity contribution in [2.45, 2.75) is 12.7 Å². The lowest BCUT2D eigenvalue weighted by molar-refractivity contribution is -0.141. The highest BCUT2D eigenvalue weighted by Crippen LogP contribution is 2.13. The number of benzene rings is 1. The fourth-order valence-corrected chi connectivity index (χ4v) is 1.24. The standard InChI is InChI=1S/C11H12BFO3/c1-2-16-11(15)9(12)10(14)7-3-5-8(13)6-4-7/h3-6,9H,2,12H2,1H3. The lowest BCUT2D eigenvalue weighted by atomic mass is 9.81. The number of hydrogen-bond acceptors (Lipinski definition) is 3. The zero-order chi connectivity index (χ0) is 12.1. The van der Waals surface area contributed by atoms with E-state index in [4.69, 9.17) is 4.74 Å². The van der Waals surface area contributed by atoms with E-state index in [-0.39, 0.29) is 12.4 Å². The van der Waals surface area contributed by atoms with Gasteiger partial charge in [-0.05, 0) is 31.2 Å². The van der Waals surface area contributed by atoms with Gasteiger partial charge in [-0.1, -0.05) is 0 Å². The molecule has 84 valence electrons. The van der Waals surface area contributed by atoms with Crippen molar-refractivity contribution >= 4 is 19.6 Å². The Balaban J connectivity index is 2.78. The largest absolute Gasteiger partial charge is 0.466 e. The summed E-state index contributed by atoms with van der Waals surface area (Å²) in [6, 6.07) is 5.08. The van der Waals surface area contributed by atoms with Gasteiger partial charge in [-0.2, -0.15) is 0 Å². The molecule has 5 heteroatoms. The molecule has 0 spiro atoms. The van der Waals surface area contributed by atoms with Crippen LogP contribution in [0.3, 0.4) is 0 Å². The molecule has 1 aromatic carbocycles. The highest BCUT2D eigenvalue weighted by Gasteiger charge is 2.23. The summed E-state index contributed by atoms with van der Waals surface area (Å²) in [5, 5.41) is 0. The van der Waals surface area contributed by atoms with Crippen LogP contribution in [0.1, 0.15) is 17.3 Å². The predicted molar refractivity (Wildman–Crippen MR) is 59.7 cm³/mol. The topological polar surface area (TPSA) is 43.4 Å². The summed E-state index contributed by atoms with van der Waals surface area (Å²) in [4.78, 5) is 23.1. The van der Waals surface area contributed by atoms with Crippen molar-refractivity contribution in [3.8, 4) is 0 Å². The molecule has 0 bridgehead atoms. The Hall–Kier alpha value is -1.65. The van der Waals surface area contributed by atoms with Gasteiger partial charge in [0.15, 0.2) is 5.78 Å². The number of hydrogen-bond donors (Lipinski definition) is 0. The molecule has 0 aliphatic rings. The van der Waals surface area contributed by atoms with E-state index in [1.54, 1.807) is 6.92 Å². The highest BCUT2D eigenvalue weighted by atomic mass is 19.1. The predicted octanol–water partition coefficient (Wildman–Crippen LogP) is 0.993. The third-order valence-corrected chi connectivity index (χ3v) is 2.16. The number of Topliss-reactive ketones (excluding diaryl/α,β-unsaturated/α-hetero) is 1. The Kier molecular flexibility index (Phi) is 4.23. The van der Waals surface area contributed by atoms with E-state index in [1.165, 1.54) is 32.1 Å². The second-order valence-corrected chi connectivity index (χ2v) is 3.34. The minimum absolute atomic E-state index is 0.236. The fourth-order valence-electron chi connectivity index (χ4n) is 1.24. The Bertz CT molecular complexity index is 389. The number of carbonyl (C=O) groups is 2. The minimum Gasteiger partial charge on any atom is -0.466 e. The maximum atomic E-state index is 12.6. The molecule has 0 aromatic heterocycles. The van der Waals surface area contributed by atoms with Gasteiger partial charge in [0.25, 0.3) is 0 Å². The molecular formula is C11H12BFO3. The second kappa shape index (κ2) is 5.44. The van der Waals surface area contributed by atoms with E-state index < -0.39 is 17.6 Å². The van der Waals surface area contributed by atoms with Crippen molar-refractivity contribution in [3.05, 3.63) is 35.6 Å². The van der Waals surface area contributed by atoms with Crippen molar-refractivity contribution in [3.63, 3.8) is 0 Å². The van der Waals surface area contributed by atoms with E-state index in [2.05, 4.69) is 0 Å². The molecule has 0 N–H and O–H groups in total. The molecule has 0 amide bonds. The molecule has 0 aliphatic carbocycles. The normalized spacial score (nSPS) is 11.9. The quantitative estimate of drug-likeness (QED) is 0.330. The zero-order valence-corrected chi connectivity index (χ0v) is 9.20. The van der Waals surface area contributed by atoms with Crippen molar-refractivity contribution in [2.24, 2.45) is 0 Å². The second-order valence-electron chi connectivity index (χ2n) is 3.34. The van der Waals surface area contributed by atoms with Crippen molar-refractivity contribution in [2.75, 3.05) is 6.61 Å². The van der Waals surface area contributed by atoms with Crippen LogP contribution in [0.2, 0.25) is 5.82 Å². The smallest absolute Gasteiger partial charge is 0.308 e. The van der Waals surface area contributed by atoms with Gasteiger partial charge >= 0.3 is 5.97 Å². The van der Waals surface area contributed by atoms with Crippen molar-refractivity contribution in [1.82, 2.24) is 0 Å². The summed E-state index contributed by atoms with van der Waals surface area (Å²) in [5.41, 5.74) is 0.307. The number of ether oxygens (including phenoxy) is 1. The molecule has 1 atom stereocenters. The highest BCUT2D eigenvalue weighted by molar-refractivity contribution is 6.38. The van der Waals surface area contributed by atoms with E-state index in [9.17, 15) is 14.0 Å². The zero-order valence-electron chi connectivity index (χ0n) is 9.20. The Morgan fingerprint density at radius 2 is 1.94 bits per heavy atom. The Labute approximate surface area is 94.0 Å². The summed E-state index contributed by atoms with van der Waals surface area (Å²) in [6.45, 7) is 1.91. The van der Waals surface area contributed by atoms with E-state index in [1.807, 2.05) is 0 Å². The SMILES string of the molecule is BC(C(=O)OCC)C(=O)c1ccc(F)cc1. The molecule has 0 saturated heterocycles. The van der Waals surface area contributed by atoms with Gasteiger partial charge in [-0.15, -0.1) is 0 Å². The van der Waals surface area contributed by atoms with Gasteiger partial charge in [0.1, 0.15) is 13.7 Å². The Morgan fingerprint density at radius 3 is 2.44 bits per heavy atom. The first-order chi connectivity index (χ1) is 7.56. The van der Waals surface area contributed by atoms with Crippen molar-refractivity contribution in [1.29, 1.82) is 0 Å². The molecule has 0 saturated carbocycles. The van der Waals surface area contributed by atoms with Gasteiger partial charge in [-0.25, -0.2) is 4.39 Å². The molecule has 0 aliphatic heterocycles. The monoisotopic (exact) mass is 222 g/mol. The summed E-state index contributed by atoms with van der Waals surface area (Å²) < 4.78 is 17.4. The van der Waals surface area contributed by atoms with Gasteiger partial charge in [0.05, 0.1) is 12.4 Å². The van der Waals surface area contributed by atoms with Gasteiger partial charge in [-0.3, -0.25) is 9.59 Å². The van der Waals surface area contributed by atoms with Crippen LogP contribution in [-0.2, 0) is 9.53 Å². The first kappa shape index (κ1) is 12.4. The molecule has 1 aromatic rings. The number of halogens is 1. The van der Waals surface area contributed by atoms with Crippen molar-refractivity contribution < 1.29 is 18.7 Å². The van der Waals surface area contributed by atoms with E-state index in [0.717, 1.165) is 0 Å². The molecular weight excluding hydrogens is 210 g/mol. The average molecular weight is 222 g/mol. The summed E-state index contributed by atoms with van der Waals surface area (Å²) >= 11 is 0. The lowest BCUT2D eigenvalue weighted by Gasteiger charge is -2.09. The molecule has 1 unspecified atom stereocenters. The van der Waals surface area contributed by atoms with Crippen LogP contribution >= 0.6 is 0 Å². The summed E-state index contributed by atoms with van der Waals surface area (Å²) in [6.07, 6.45) is 0. The molecule has 0 radical (unpaired) electrons. The summed E-state index contributed by atoms with van der Waals surface area (Å²) in [7, 11) is 1.48. The van der Waals surface area contributed by atoms with Gasteiger partial charge in [0.2, 0.25) is 0 Å². The van der Waals surface area contributed by atoms with E-state index in [0.29, 0.717) is 5.56 Å². The van der Waals surface area contributed by atoms with Gasteiger partial charge in [0, 0.05) is 5.56 Å². The fraction of sp³-hybridized carbons (Fsp3) is 0.273. The minimum atomic E-state index is -0.856. The van der Waals surface area contributed by atoms with Crippen LogP contribution < -0.4 is 0 Å². The Morgan fingerprint density at radius 1 is 1.38 bits per heavy atom. The molecule has 16 heavy (non-hydrogen) atoms. The number of esters is 1. The average Bonchev–Trinajstić information content (AvgIpc) is 2.28. The maximum absolute atomic E-state index is 12.6. The van der Waals surface area contributed by atoms with Crippen LogP contribution in [-0.4, -0.2) is 26.2 Å². The van der Waals surface area contributed by atoms with Crippen LogP contribution in [0.5, 0.6) is 0 Å². The van der Waals surface area contributed by atoms with Crippen LogP contribution in [0.4, 0.5) is 4.39 Å². The summed E-state index contributed by atoms with van der Waals surface area (Å²) in [5.74, 6) is -2.19. The molecule has 0 fully saturated rings. The van der Waals surface area contributed by atoms with Crippen LogP contribution in [0.25, 0.3) is 0 Å². The number of carbonyl (C=O) groups excluding carboxylic acids is 2. The maximum Gasteiger partial charge on any atom is 0.308 e. The molecule has 0 heterocycles. The van der Waals surface area contributed by atoms with Gasteiger partial charge < -0.3 is 4.74 Å². The lowest BCUT2D eigenvalue weighted by Crippen LogP contribution is -2.21. The first-order valence-electron chi connectivity index (χ1n) is 5.02. The number of ketones is 1. The third kappa shape index (κ3) is 2.92. The number of rotatable bonds is 4. The third-order valence-electron chi connectivity index (χ3n) is 2.16. The molecule has 1 rings (SSSR count). The molecule has 3 nitrogen and oxygen atoms in total. The first-order valence-corrected chi connectivity index (χ1v) is 5.02. The van der Waals surface area contributed by atoms with Crippen LogP contribution in [0, 0.1) is 5.82 Å².